The third-order valence-corrected chi connectivity index (χ3v) is 3.59. The summed E-state index contributed by atoms with van der Waals surface area (Å²) >= 11 is 5.62. The van der Waals surface area contributed by atoms with Gasteiger partial charge in [-0.25, -0.2) is 9.97 Å². The molecule has 0 unspecified atom stereocenters. The zero-order valence-electron chi connectivity index (χ0n) is 10.7. The molecule has 4 heteroatoms. The van der Waals surface area contributed by atoms with Gasteiger partial charge in [-0.15, -0.1) is 0 Å². The lowest BCUT2D eigenvalue weighted by Gasteiger charge is -2.25. The molecule has 98 valence electrons. The van der Waals surface area contributed by atoms with Gasteiger partial charge in [-0.1, -0.05) is 17.7 Å². The molecule has 1 saturated carbocycles. The maximum atomic E-state index is 5.62. The Morgan fingerprint density at radius 2 is 1.94 bits per heavy atom. The Morgan fingerprint density at radius 1 is 1.28 bits per heavy atom. The van der Waals surface area contributed by atoms with Gasteiger partial charge in [0, 0.05) is 11.5 Å². The minimum atomic E-state index is 0.487. The van der Waals surface area contributed by atoms with E-state index >= 15 is 0 Å². The van der Waals surface area contributed by atoms with Crippen LogP contribution in [0, 0.1) is 5.92 Å². The molecule has 1 heterocycles. The van der Waals surface area contributed by atoms with Gasteiger partial charge in [-0.2, -0.15) is 0 Å². The molecule has 1 aromatic rings. The third-order valence-electron chi connectivity index (χ3n) is 3.44. The lowest BCUT2D eigenvalue weighted by molar-refractivity contribution is 0.333. The normalized spacial score (nSPS) is 24.3. The monoisotopic (exact) mass is 266 g/mol. The molecular formula is C14H19ClN2O. The number of aromatic nitrogens is 2. The maximum absolute atomic E-state index is 5.62. The molecular weight excluding hydrogens is 248 g/mol. The molecule has 3 nitrogen and oxygen atoms in total. The quantitative estimate of drug-likeness (QED) is 0.829. The standard InChI is InChI=1S/C14H19ClN2O/c1-2-18-13-9-16-14(17-10-13)12-5-3-11(4-6-12)7-8-15/h7-12H,2-6H2,1H3. The number of halogens is 1. The first kappa shape index (κ1) is 13.3. The van der Waals surface area contributed by atoms with Crippen molar-refractivity contribution in [3.05, 3.63) is 29.8 Å². The number of allylic oxidation sites excluding steroid dienone is 1. The van der Waals surface area contributed by atoms with Gasteiger partial charge in [0.15, 0.2) is 5.75 Å². The second kappa shape index (κ2) is 6.74. The Kier molecular flexibility index (Phi) is 5.00. The molecule has 0 N–H and O–H groups in total. The van der Waals surface area contributed by atoms with Crippen LogP contribution in [0.1, 0.15) is 44.3 Å². The molecule has 0 amide bonds. The van der Waals surface area contributed by atoms with Gasteiger partial charge in [0.05, 0.1) is 19.0 Å². The van der Waals surface area contributed by atoms with Gasteiger partial charge in [-0.05, 0) is 38.5 Å². The van der Waals surface area contributed by atoms with Crippen molar-refractivity contribution in [2.24, 2.45) is 5.92 Å². The van der Waals surface area contributed by atoms with Gasteiger partial charge in [-0.3, -0.25) is 0 Å². The van der Waals surface area contributed by atoms with Crippen molar-refractivity contribution in [3.8, 4) is 5.75 Å². The number of hydrogen-bond acceptors (Lipinski definition) is 3. The van der Waals surface area contributed by atoms with Gasteiger partial charge in [0.25, 0.3) is 0 Å². The Balaban J connectivity index is 1.92. The number of nitrogens with zero attached hydrogens (tertiary/aromatic N) is 2. The van der Waals surface area contributed by atoms with Crippen LogP contribution >= 0.6 is 11.6 Å². The van der Waals surface area contributed by atoms with E-state index in [2.05, 4.69) is 16.0 Å². The molecule has 0 radical (unpaired) electrons. The maximum Gasteiger partial charge on any atom is 0.155 e. The second-order valence-electron chi connectivity index (χ2n) is 4.64. The Hall–Kier alpha value is -1.09. The van der Waals surface area contributed by atoms with Crippen LogP contribution in [0.15, 0.2) is 24.0 Å². The number of hydrogen-bond donors (Lipinski definition) is 0. The Bertz CT molecular complexity index is 383. The molecule has 1 fully saturated rings. The summed E-state index contributed by atoms with van der Waals surface area (Å²) in [6, 6.07) is 0. The fourth-order valence-corrected chi connectivity index (χ4v) is 2.66. The highest BCUT2D eigenvalue weighted by Crippen LogP contribution is 2.34. The highest BCUT2D eigenvalue weighted by molar-refractivity contribution is 6.25. The van der Waals surface area contributed by atoms with Crippen molar-refractivity contribution in [2.75, 3.05) is 6.61 Å². The van der Waals surface area contributed by atoms with E-state index < -0.39 is 0 Å². The van der Waals surface area contributed by atoms with E-state index in [0.717, 1.165) is 24.4 Å². The van der Waals surface area contributed by atoms with E-state index in [1.807, 2.05) is 6.92 Å². The molecule has 0 saturated heterocycles. The summed E-state index contributed by atoms with van der Waals surface area (Å²) in [6.07, 6.45) is 10.3. The van der Waals surface area contributed by atoms with Crippen LogP contribution in [-0.2, 0) is 0 Å². The molecule has 0 aromatic carbocycles. The van der Waals surface area contributed by atoms with Gasteiger partial charge < -0.3 is 4.74 Å². The van der Waals surface area contributed by atoms with Crippen LogP contribution in [0.5, 0.6) is 5.75 Å². The predicted octanol–water partition coefficient (Wildman–Crippen LogP) is 3.90. The van der Waals surface area contributed by atoms with Crippen molar-refractivity contribution >= 4 is 11.6 Å². The van der Waals surface area contributed by atoms with Crippen LogP contribution in [0.3, 0.4) is 0 Å². The lowest BCUT2D eigenvalue weighted by Crippen LogP contribution is -2.14. The summed E-state index contributed by atoms with van der Waals surface area (Å²) in [4.78, 5) is 8.82. The van der Waals surface area contributed by atoms with Crippen LogP contribution < -0.4 is 4.74 Å². The van der Waals surface area contributed by atoms with Crippen molar-refractivity contribution in [1.29, 1.82) is 0 Å². The third kappa shape index (κ3) is 3.45. The van der Waals surface area contributed by atoms with Crippen molar-refractivity contribution < 1.29 is 4.74 Å². The van der Waals surface area contributed by atoms with E-state index in [1.165, 1.54) is 12.8 Å². The molecule has 0 aliphatic heterocycles. The molecule has 0 bridgehead atoms. The zero-order valence-corrected chi connectivity index (χ0v) is 11.4. The predicted molar refractivity (Wildman–Crippen MR) is 72.9 cm³/mol. The molecule has 1 aliphatic carbocycles. The highest BCUT2D eigenvalue weighted by atomic mass is 35.5. The first-order valence-electron chi connectivity index (χ1n) is 6.55. The molecule has 1 aliphatic rings. The van der Waals surface area contributed by atoms with Crippen LogP contribution in [0.25, 0.3) is 0 Å². The molecule has 0 spiro atoms. The van der Waals surface area contributed by atoms with Crippen molar-refractivity contribution in [3.63, 3.8) is 0 Å². The first-order valence-corrected chi connectivity index (χ1v) is 6.98. The fourth-order valence-electron chi connectivity index (χ4n) is 2.45. The SMILES string of the molecule is CCOc1cnc(C2CCC(C=CCl)CC2)nc1. The van der Waals surface area contributed by atoms with E-state index in [-0.39, 0.29) is 0 Å². The largest absolute Gasteiger partial charge is 0.491 e. The van der Waals surface area contributed by atoms with E-state index in [4.69, 9.17) is 16.3 Å². The molecule has 1 aromatic heterocycles. The van der Waals surface area contributed by atoms with Crippen molar-refractivity contribution in [1.82, 2.24) is 9.97 Å². The second-order valence-corrected chi connectivity index (χ2v) is 4.89. The fraction of sp³-hybridized carbons (Fsp3) is 0.571. The van der Waals surface area contributed by atoms with E-state index in [0.29, 0.717) is 18.4 Å². The lowest BCUT2D eigenvalue weighted by atomic mass is 9.82. The van der Waals surface area contributed by atoms with Gasteiger partial charge >= 0.3 is 0 Å². The van der Waals surface area contributed by atoms with Crippen LogP contribution in [0.4, 0.5) is 0 Å². The molecule has 2 rings (SSSR count). The summed E-state index contributed by atoms with van der Waals surface area (Å²) in [7, 11) is 0. The van der Waals surface area contributed by atoms with Gasteiger partial charge in [0.1, 0.15) is 5.82 Å². The van der Waals surface area contributed by atoms with Crippen LogP contribution in [0.2, 0.25) is 0 Å². The molecule has 0 atom stereocenters. The zero-order chi connectivity index (χ0) is 12.8. The molecule has 18 heavy (non-hydrogen) atoms. The summed E-state index contributed by atoms with van der Waals surface area (Å²) < 4.78 is 5.35. The van der Waals surface area contributed by atoms with Gasteiger partial charge in [0.2, 0.25) is 0 Å². The number of rotatable bonds is 4. The van der Waals surface area contributed by atoms with Crippen molar-refractivity contribution in [2.45, 2.75) is 38.5 Å². The first-order chi connectivity index (χ1) is 8.83. The Morgan fingerprint density at radius 3 is 2.50 bits per heavy atom. The summed E-state index contributed by atoms with van der Waals surface area (Å²) in [5, 5.41) is 0. The average Bonchev–Trinajstić information content (AvgIpc) is 2.41. The topological polar surface area (TPSA) is 35.0 Å². The smallest absolute Gasteiger partial charge is 0.155 e. The van der Waals surface area contributed by atoms with Crippen LogP contribution in [-0.4, -0.2) is 16.6 Å². The van der Waals surface area contributed by atoms with E-state index in [1.54, 1.807) is 17.9 Å². The minimum absolute atomic E-state index is 0.487. The minimum Gasteiger partial charge on any atom is -0.491 e. The number of ether oxygens (including phenoxy) is 1. The summed E-state index contributed by atoms with van der Waals surface area (Å²) in [5.74, 6) is 2.81. The summed E-state index contributed by atoms with van der Waals surface area (Å²) in [6.45, 7) is 2.61. The summed E-state index contributed by atoms with van der Waals surface area (Å²) in [5.41, 5.74) is 1.64. The average molecular weight is 267 g/mol. The van der Waals surface area contributed by atoms with E-state index in [9.17, 15) is 0 Å². The highest BCUT2D eigenvalue weighted by Gasteiger charge is 2.22. The Labute approximate surface area is 113 Å².